The van der Waals surface area contributed by atoms with Crippen LogP contribution in [0.1, 0.15) is 85.5 Å². The zero-order valence-corrected chi connectivity index (χ0v) is 15.0. The van der Waals surface area contributed by atoms with Gasteiger partial charge in [-0.25, -0.2) is 0 Å². The van der Waals surface area contributed by atoms with Gasteiger partial charge in [0.1, 0.15) is 0 Å². The monoisotopic (exact) mass is 294 g/mol. The van der Waals surface area contributed by atoms with Crippen LogP contribution in [-0.2, 0) is 0 Å². The van der Waals surface area contributed by atoms with Gasteiger partial charge in [-0.15, -0.1) is 0 Å². The zero-order chi connectivity index (χ0) is 15.3. The second kappa shape index (κ2) is 7.46. The smallest absolute Gasteiger partial charge is 0.0309 e. The predicted molar refractivity (Wildman–Crippen MR) is 92.8 cm³/mol. The van der Waals surface area contributed by atoms with Crippen molar-refractivity contribution in [1.82, 2.24) is 10.2 Å². The minimum Gasteiger partial charge on any atom is -0.308 e. The summed E-state index contributed by atoms with van der Waals surface area (Å²) >= 11 is 0. The molecule has 1 saturated carbocycles. The van der Waals surface area contributed by atoms with Crippen LogP contribution in [0.5, 0.6) is 0 Å². The Kier molecular flexibility index (Phi) is 6.14. The van der Waals surface area contributed by atoms with Crippen LogP contribution in [0.2, 0.25) is 0 Å². The van der Waals surface area contributed by atoms with E-state index in [1.807, 2.05) is 0 Å². The summed E-state index contributed by atoms with van der Waals surface area (Å²) in [6.45, 7) is 13.3. The molecule has 1 heterocycles. The molecular weight excluding hydrogens is 256 g/mol. The Labute approximate surface area is 133 Å². The summed E-state index contributed by atoms with van der Waals surface area (Å²) in [4.78, 5) is 2.84. The summed E-state index contributed by atoms with van der Waals surface area (Å²) in [6.07, 6.45) is 12.6. The molecule has 21 heavy (non-hydrogen) atoms. The van der Waals surface area contributed by atoms with Crippen molar-refractivity contribution in [3.8, 4) is 0 Å². The van der Waals surface area contributed by atoms with Crippen molar-refractivity contribution >= 4 is 0 Å². The van der Waals surface area contributed by atoms with Crippen molar-refractivity contribution in [3.63, 3.8) is 0 Å². The van der Waals surface area contributed by atoms with Crippen molar-refractivity contribution in [2.45, 2.75) is 97.1 Å². The first-order valence-electron chi connectivity index (χ1n) is 9.46. The van der Waals surface area contributed by atoms with E-state index in [2.05, 4.69) is 37.9 Å². The van der Waals surface area contributed by atoms with Crippen LogP contribution in [0.4, 0.5) is 0 Å². The fraction of sp³-hybridized carbons (Fsp3) is 1.00. The first-order valence-corrected chi connectivity index (χ1v) is 9.46. The number of piperazine rings is 1. The van der Waals surface area contributed by atoms with Gasteiger partial charge in [0.05, 0.1) is 0 Å². The molecule has 2 fully saturated rings. The average molecular weight is 295 g/mol. The lowest BCUT2D eigenvalue weighted by molar-refractivity contribution is 0.0227. The summed E-state index contributed by atoms with van der Waals surface area (Å²) in [7, 11) is 0. The van der Waals surface area contributed by atoms with E-state index in [9.17, 15) is 0 Å². The van der Waals surface area contributed by atoms with Crippen LogP contribution in [0.25, 0.3) is 0 Å². The molecule has 0 aromatic rings. The predicted octanol–water partition coefficient (Wildman–Crippen LogP) is 4.59. The topological polar surface area (TPSA) is 15.3 Å². The molecule has 1 atom stereocenters. The van der Waals surface area contributed by atoms with Crippen LogP contribution >= 0.6 is 0 Å². The molecule has 0 bridgehead atoms. The lowest BCUT2D eigenvalue weighted by Crippen LogP contribution is -2.66. The highest BCUT2D eigenvalue weighted by molar-refractivity contribution is 5.03. The summed E-state index contributed by atoms with van der Waals surface area (Å²) in [6, 6.07) is 0.704. The third kappa shape index (κ3) is 4.69. The van der Waals surface area contributed by atoms with Gasteiger partial charge in [0.15, 0.2) is 0 Å². The highest BCUT2D eigenvalue weighted by Gasteiger charge is 2.43. The molecule has 2 nitrogen and oxygen atoms in total. The normalized spacial score (nSPS) is 26.6. The fourth-order valence-corrected chi connectivity index (χ4v) is 4.39. The summed E-state index contributed by atoms with van der Waals surface area (Å²) in [5.41, 5.74) is 0.849. The van der Waals surface area contributed by atoms with E-state index >= 15 is 0 Å². The van der Waals surface area contributed by atoms with Gasteiger partial charge < -0.3 is 5.32 Å². The molecule has 1 aliphatic heterocycles. The van der Waals surface area contributed by atoms with Crippen LogP contribution < -0.4 is 5.32 Å². The van der Waals surface area contributed by atoms with Gasteiger partial charge in [0.2, 0.25) is 0 Å². The average Bonchev–Trinajstić information content (AvgIpc) is 2.85. The van der Waals surface area contributed by atoms with Gasteiger partial charge in [-0.3, -0.25) is 4.90 Å². The van der Waals surface area contributed by atoms with Crippen LogP contribution in [0.3, 0.4) is 0 Å². The summed E-state index contributed by atoms with van der Waals surface area (Å²) in [5, 5.41) is 3.95. The van der Waals surface area contributed by atoms with Gasteiger partial charge in [0.25, 0.3) is 0 Å². The van der Waals surface area contributed by atoms with Gasteiger partial charge in [0, 0.05) is 24.7 Å². The lowest BCUT2D eigenvalue weighted by atomic mass is 9.81. The molecule has 0 radical (unpaired) electrons. The van der Waals surface area contributed by atoms with Crippen LogP contribution in [0.15, 0.2) is 0 Å². The molecule has 2 aliphatic rings. The van der Waals surface area contributed by atoms with E-state index in [4.69, 9.17) is 0 Å². The van der Waals surface area contributed by atoms with Gasteiger partial charge >= 0.3 is 0 Å². The second-order valence-electron chi connectivity index (χ2n) is 8.63. The Hall–Kier alpha value is -0.0800. The lowest BCUT2D eigenvalue weighted by Gasteiger charge is -2.51. The first-order chi connectivity index (χ1) is 9.97. The van der Waals surface area contributed by atoms with E-state index in [1.165, 1.54) is 77.4 Å². The van der Waals surface area contributed by atoms with Crippen molar-refractivity contribution in [2.75, 3.05) is 19.6 Å². The van der Waals surface area contributed by atoms with Crippen molar-refractivity contribution in [2.24, 2.45) is 5.41 Å². The molecule has 0 aromatic carbocycles. The van der Waals surface area contributed by atoms with Crippen molar-refractivity contribution in [1.29, 1.82) is 0 Å². The molecular formula is C19H38N2. The fourth-order valence-electron chi connectivity index (χ4n) is 4.39. The molecule has 2 rings (SSSR count). The van der Waals surface area contributed by atoms with E-state index in [-0.39, 0.29) is 0 Å². The number of unbranched alkanes of at least 4 members (excludes halogenated alkanes) is 4. The maximum atomic E-state index is 3.95. The van der Waals surface area contributed by atoms with Gasteiger partial charge in [-0.1, -0.05) is 66.2 Å². The molecule has 1 spiro atoms. The highest BCUT2D eigenvalue weighted by atomic mass is 15.3. The van der Waals surface area contributed by atoms with Crippen molar-refractivity contribution < 1.29 is 0 Å². The van der Waals surface area contributed by atoms with E-state index < -0.39 is 0 Å². The standard InChI is InChI=1S/C19H38N2/c1-5-6-7-8-11-14-21-16-19(12-9-10-13-19)20-15-17(21)18(2,3)4/h17,20H,5-16H2,1-4H3. The Balaban J connectivity index is 1.90. The molecule has 1 N–H and O–H groups in total. The van der Waals surface area contributed by atoms with Crippen LogP contribution in [-0.4, -0.2) is 36.1 Å². The molecule has 1 saturated heterocycles. The van der Waals surface area contributed by atoms with Crippen LogP contribution in [0, 0.1) is 5.41 Å². The molecule has 2 heteroatoms. The summed E-state index contributed by atoms with van der Waals surface area (Å²) < 4.78 is 0. The van der Waals surface area contributed by atoms with Gasteiger partial charge in [-0.2, -0.15) is 0 Å². The van der Waals surface area contributed by atoms with Crippen molar-refractivity contribution in [3.05, 3.63) is 0 Å². The third-order valence-corrected chi connectivity index (χ3v) is 5.73. The Bertz CT molecular complexity index is 299. The molecule has 0 amide bonds. The molecule has 124 valence electrons. The highest BCUT2D eigenvalue weighted by Crippen LogP contribution is 2.36. The molecule has 1 unspecified atom stereocenters. The number of rotatable bonds is 6. The first kappa shape index (κ1) is 17.3. The third-order valence-electron chi connectivity index (χ3n) is 5.73. The summed E-state index contributed by atoms with van der Waals surface area (Å²) in [5.74, 6) is 0. The second-order valence-corrected chi connectivity index (χ2v) is 8.63. The Morgan fingerprint density at radius 2 is 1.71 bits per heavy atom. The van der Waals surface area contributed by atoms with E-state index in [0.717, 1.165) is 0 Å². The Morgan fingerprint density at radius 3 is 2.33 bits per heavy atom. The quantitative estimate of drug-likeness (QED) is 0.721. The molecule has 1 aliphatic carbocycles. The van der Waals surface area contributed by atoms with E-state index in [1.54, 1.807) is 0 Å². The largest absolute Gasteiger partial charge is 0.308 e. The maximum absolute atomic E-state index is 3.95. The number of hydrogen-bond donors (Lipinski definition) is 1. The number of hydrogen-bond acceptors (Lipinski definition) is 2. The minimum atomic E-state index is 0.386. The van der Waals surface area contributed by atoms with E-state index in [0.29, 0.717) is 17.0 Å². The minimum absolute atomic E-state index is 0.386. The maximum Gasteiger partial charge on any atom is 0.0309 e. The zero-order valence-electron chi connectivity index (χ0n) is 15.0. The number of nitrogens with one attached hydrogen (secondary N) is 1. The molecule has 0 aromatic heterocycles. The Morgan fingerprint density at radius 1 is 1.05 bits per heavy atom. The van der Waals surface area contributed by atoms with Gasteiger partial charge in [-0.05, 0) is 31.2 Å². The number of nitrogens with zero attached hydrogens (tertiary/aromatic N) is 1. The SMILES string of the molecule is CCCCCCCN1CC2(CCCC2)NCC1C(C)(C)C.